The van der Waals surface area contributed by atoms with Gasteiger partial charge >= 0.3 is 0 Å². The van der Waals surface area contributed by atoms with Gasteiger partial charge in [-0.15, -0.1) is 0 Å². The number of fused-ring (bicyclic) bond motifs is 1. The van der Waals surface area contributed by atoms with Crippen LogP contribution in [0.25, 0.3) is 0 Å². The molecule has 0 spiro atoms. The lowest BCUT2D eigenvalue weighted by atomic mass is 9.99. The van der Waals surface area contributed by atoms with Gasteiger partial charge in [0.2, 0.25) is 5.91 Å². The molecule has 2 heterocycles. The highest BCUT2D eigenvalue weighted by molar-refractivity contribution is 5.94. The largest absolute Gasteiger partial charge is 0.486 e. The molecule has 0 N–H and O–H groups in total. The second-order valence-corrected chi connectivity index (χ2v) is 9.34. The van der Waals surface area contributed by atoms with Crippen molar-refractivity contribution in [3.8, 4) is 11.5 Å². The third kappa shape index (κ3) is 5.34. The van der Waals surface area contributed by atoms with Gasteiger partial charge in [0, 0.05) is 32.7 Å². The molecule has 0 bridgehead atoms. The zero-order valence-corrected chi connectivity index (χ0v) is 20.5. The van der Waals surface area contributed by atoms with Crippen LogP contribution < -0.4 is 14.5 Å². The van der Waals surface area contributed by atoms with E-state index in [1.54, 1.807) is 0 Å². The highest BCUT2D eigenvalue weighted by Gasteiger charge is 2.30. The molecule has 1 fully saturated rings. The average molecular weight is 472 g/mol. The lowest BCUT2D eigenvalue weighted by Gasteiger charge is -2.42. The molecule has 1 atom stereocenters. The lowest BCUT2D eigenvalue weighted by Crippen LogP contribution is -2.57. The monoisotopic (exact) mass is 471 g/mol. The average Bonchev–Trinajstić information content (AvgIpc) is 2.88. The number of piperazine rings is 1. The molecule has 6 heteroatoms. The fourth-order valence-corrected chi connectivity index (χ4v) is 4.95. The molecule has 182 valence electrons. The molecular weight excluding hydrogens is 438 g/mol. The number of rotatable bonds is 6. The van der Waals surface area contributed by atoms with E-state index < -0.39 is 0 Å². The quantitative estimate of drug-likeness (QED) is 0.538. The van der Waals surface area contributed by atoms with Crippen molar-refractivity contribution >= 4 is 11.6 Å². The van der Waals surface area contributed by atoms with Gasteiger partial charge in [-0.3, -0.25) is 9.69 Å². The summed E-state index contributed by atoms with van der Waals surface area (Å²) >= 11 is 0. The summed E-state index contributed by atoms with van der Waals surface area (Å²) in [6.45, 7) is 8.80. The van der Waals surface area contributed by atoms with E-state index in [0.29, 0.717) is 13.0 Å². The number of anilines is 1. The van der Waals surface area contributed by atoms with Gasteiger partial charge in [-0.2, -0.15) is 0 Å². The number of aryl methyl sites for hydroxylation is 2. The highest BCUT2D eigenvalue weighted by atomic mass is 16.6. The van der Waals surface area contributed by atoms with Crippen LogP contribution in [0.15, 0.2) is 72.8 Å². The molecule has 1 saturated heterocycles. The van der Waals surface area contributed by atoms with Gasteiger partial charge < -0.3 is 9.47 Å². The van der Waals surface area contributed by atoms with Gasteiger partial charge in [-0.1, -0.05) is 48.5 Å². The van der Waals surface area contributed by atoms with Crippen molar-refractivity contribution < 1.29 is 14.3 Å². The Morgan fingerprint density at radius 3 is 2.23 bits per heavy atom. The topological polar surface area (TPSA) is 45.3 Å². The number of carbonyl (C=O) groups excluding carboxylic acids is 1. The van der Waals surface area contributed by atoms with Crippen molar-refractivity contribution in [3.05, 3.63) is 89.5 Å². The van der Waals surface area contributed by atoms with Crippen LogP contribution in [0.3, 0.4) is 0 Å². The summed E-state index contributed by atoms with van der Waals surface area (Å²) in [5.74, 6) is 1.73. The minimum atomic E-state index is 0.00680. The maximum atomic E-state index is 13.7. The summed E-state index contributed by atoms with van der Waals surface area (Å²) in [6.07, 6.45) is 0.396. The molecule has 5 rings (SSSR count). The molecule has 3 aromatic carbocycles. The van der Waals surface area contributed by atoms with Crippen LogP contribution in [-0.4, -0.2) is 61.3 Å². The van der Waals surface area contributed by atoms with Crippen LogP contribution in [0.2, 0.25) is 0 Å². The first-order chi connectivity index (χ1) is 17.1. The number of benzene rings is 3. The number of amides is 1. The molecule has 35 heavy (non-hydrogen) atoms. The van der Waals surface area contributed by atoms with E-state index in [1.165, 1.54) is 0 Å². The number of hydrazine groups is 1. The number of carbonyl (C=O) groups is 1. The van der Waals surface area contributed by atoms with Crippen LogP contribution in [0.1, 0.15) is 16.7 Å². The van der Waals surface area contributed by atoms with E-state index in [0.717, 1.165) is 66.6 Å². The summed E-state index contributed by atoms with van der Waals surface area (Å²) in [5, 5.41) is 4.08. The summed E-state index contributed by atoms with van der Waals surface area (Å²) in [4.78, 5) is 16.1. The van der Waals surface area contributed by atoms with Gasteiger partial charge in [-0.25, -0.2) is 10.0 Å². The zero-order valence-electron chi connectivity index (χ0n) is 20.5. The van der Waals surface area contributed by atoms with Crippen LogP contribution in [0.5, 0.6) is 11.5 Å². The Kier molecular flexibility index (Phi) is 7.02. The predicted molar refractivity (Wildman–Crippen MR) is 138 cm³/mol. The second kappa shape index (κ2) is 10.5. The van der Waals surface area contributed by atoms with E-state index >= 15 is 0 Å². The summed E-state index contributed by atoms with van der Waals surface area (Å²) in [5.41, 5.74) is 4.35. The van der Waals surface area contributed by atoms with Gasteiger partial charge in [0.25, 0.3) is 0 Å². The standard InChI is InChI=1S/C29H33N3O3/c1-22-9-8-10-23(2)26(22)19-29(33)32(24-11-4-3-5-12-24)31-17-15-30(16-18-31)20-25-21-34-27-13-6-7-14-28(27)35-25/h3-14,25H,15-21H2,1-2H3. The van der Waals surface area contributed by atoms with Crippen molar-refractivity contribution in [2.24, 2.45) is 0 Å². The fourth-order valence-electron chi connectivity index (χ4n) is 4.95. The van der Waals surface area contributed by atoms with E-state index in [-0.39, 0.29) is 12.0 Å². The molecule has 0 radical (unpaired) electrons. The van der Waals surface area contributed by atoms with Crippen molar-refractivity contribution in [1.82, 2.24) is 9.91 Å². The number of ether oxygens (including phenoxy) is 2. The molecule has 0 saturated carbocycles. The predicted octanol–water partition coefficient (Wildman–Crippen LogP) is 4.25. The van der Waals surface area contributed by atoms with E-state index in [4.69, 9.17) is 9.47 Å². The van der Waals surface area contributed by atoms with Crippen molar-refractivity contribution in [2.45, 2.75) is 26.4 Å². The number of hydrogen-bond acceptors (Lipinski definition) is 5. The smallest absolute Gasteiger partial charge is 0.245 e. The Labute approximate surface area is 207 Å². The Balaban J connectivity index is 1.25. The van der Waals surface area contributed by atoms with Gasteiger partial charge in [0.1, 0.15) is 12.7 Å². The van der Waals surface area contributed by atoms with Gasteiger partial charge in [-0.05, 0) is 54.8 Å². The van der Waals surface area contributed by atoms with Crippen molar-refractivity contribution in [1.29, 1.82) is 0 Å². The molecule has 2 aliphatic rings. The Hall–Kier alpha value is -3.35. The maximum Gasteiger partial charge on any atom is 0.245 e. The third-order valence-corrected chi connectivity index (χ3v) is 6.87. The molecule has 1 amide bonds. The summed E-state index contributed by atoms with van der Waals surface area (Å²) < 4.78 is 12.0. The van der Waals surface area contributed by atoms with Gasteiger partial charge in [0.15, 0.2) is 11.5 Å². The summed E-state index contributed by atoms with van der Waals surface area (Å²) in [7, 11) is 0. The first kappa shape index (κ1) is 23.4. The van der Waals surface area contributed by atoms with Crippen molar-refractivity contribution in [2.75, 3.05) is 44.3 Å². The normalized spacial score (nSPS) is 18.3. The van der Waals surface area contributed by atoms with Crippen LogP contribution in [0, 0.1) is 13.8 Å². The Morgan fingerprint density at radius 1 is 0.857 bits per heavy atom. The fraction of sp³-hybridized carbons (Fsp3) is 0.345. The van der Waals surface area contributed by atoms with Crippen LogP contribution in [-0.2, 0) is 11.2 Å². The number of para-hydroxylation sites is 3. The van der Waals surface area contributed by atoms with Crippen LogP contribution >= 0.6 is 0 Å². The first-order valence-electron chi connectivity index (χ1n) is 12.4. The molecular formula is C29H33N3O3. The molecule has 2 aliphatic heterocycles. The molecule has 1 unspecified atom stereocenters. The lowest BCUT2D eigenvalue weighted by molar-refractivity contribution is -0.121. The first-order valence-corrected chi connectivity index (χ1v) is 12.4. The number of nitrogens with zero attached hydrogens (tertiary/aromatic N) is 3. The maximum absolute atomic E-state index is 13.7. The molecule has 6 nitrogen and oxygen atoms in total. The minimum Gasteiger partial charge on any atom is -0.486 e. The van der Waals surface area contributed by atoms with Gasteiger partial charge in [0.05, 0.1) is 12.1 Å². The van der Waals surface area contributed by atoms with E-state index in [1.807, 2.05) is 65.7 Å². The molecule has 0 aliphatic carbocycles. The zero-order chi connectivity index (χ0) is 24.2. The van der Waals surface area contributed by atoms with E-state index in [9.17, 15) is 4.79 Å². The van der Waals surface area contributed by atoms with Crippen molar-refractivity contribution in [3.63, 3.8) is 0 Å². The summed E-state index contributed by atoms with van der Waals surface area (Å²) in [6, 6.07) is 24.0. The van der Waals surface area contributed by atoms with Crippen LogP contribution in [0.4, 0.5) is 5.69 Å². The SMILES string of the molecule is Cc1cccc(C)c1CC(=O)N(c1ccccc1)N1CCN(CC2COc3ccccc3O2)CC1. The third-order valence-electron chi connectivity index (χ3n) is 6.87. The highest BCUT2D eigenvalue weighted by Crippen LogP contribution is 2.31. The Bertz CT molecular complexity index is 1140. The minimum absolute atomic E-state index is 0.00680. The molecule has 3 aromatic rings. The second-order valence-electron chi connectivity index (χ2n) is 9.34. The molecule has 0 aromatic heterocycles. The Morgan fingerprint density at radius 2 is 1.51 bits per heavy atom. The number of hydrogen-bond donors (Lipinski definition) is 0. The van der Waals surface area contributed by atoms with E-state index in [2.05, 4.69) is 35.9 Å².